The Hall–Kier alpha value is -2.21. The van der Waals surface area contributed by atoms with Crippen LogP contribution in [0.2, 0.25) is 0 Å². The van der Waals surface area contributed by atoms with Crippen LogP contribution >= 0.6 is 11.3 Å². The monoisotopic (exact) mass is 343 g/mol. The van der Waals surface area contributed by atoms with Crippen LogP contribution in [0.5, 0.6) is 0 Å². The van der Waals surface area contributed by atoms with Gasteiger partial charge in [0, 0.05) is 25.8 Å². The van der Waals surface area contributed by atoms with Gasteiger partial charge in [-0.3, -0.25) is 14.6 Å². The summed E-state index contributed by atoms with van der Waals surface area (Å²) in [4.78, 5) is 32.2. The molecule has 2 amide bonds. The van der Waals surface area contributed by atoms with E-state index in [0.717, 1.165) is 11.3 Å². The highest BCUT2D eigenvalue weighted by atomic mass is 32.1. The summed E-state index contributed by atoms with van der Waals surface area (Å²) in [6, 6.07) is 7.48. The van der Waals surface area contributed by atoms with E-state index in [9.17, 15) is 9.59 Å². The van der Waals surface area contributed by atoms with E-state index in [2.05, 4.69) is 24.1 Å². The maximum atomic E-state index is 12.7. The Balaban J connectivity index is 1.84. The van der Waals surface area contributed by atoms with Crippen LogP contribution in [0.15, 0.2) is 35.8 Å². The number of thiophene rings is 1. The molecular weight excluding hydrogens is 322 g/mol. The fourth-order valence-electron chi connectivity index (χ4n) is 2.82. The van der Waals surface area contributed by atoms with Crippen molar-refractivity contribution in [3.63, 3.8) is 0 Å². The fraction of sp³-hybridized carbons (Fsp3) is 0.389. The molecule has 1 unspecified atom stereocenters. The van der Waals surface area contributed by atoms with Crippen LogP contribution in [0.4, 0.5) is 0 Å². The molecular formula is C18H21N3O2S. The standard InChI is InChI=1S/C18H21N3O2S/c1-12(2)9-20-17(22)14-11-21(18(23)15-6-4-8-24-15)10-13-5-3-7-19-16(13)14/h3-8,12,14H,9-11H2,1-2H3,(H,20,22). The van der Waals surface area contributed by atoms with Crippen LogP contribution in [-0.2, 0) is 11.3 Å². The van der Waals surface area contributed by atoms with Crippen molar-refractivity contribution in [3.8, 4) is 0 Å². The first-order valence-corrected chi connectivity index (χ1v) is 8.98. The molecule has 0 aromatic carbocycles. The molecule has 2 aromatic heterocycles. The van der Waals surface area contributed by atoms with Gasteiger partial charge in [-0.2, -0.15) is 0 Å². The maximum absolute atomic E-state index is 12.7. The first-order chi connectivity index (χ1) is 11.6. The number of carbonyl (C=O) groups is 2. The highest BCUT2D eigenvalue weighted by Gasteiger charge is 2.34. The highest BCUT2D eigenvalue weighted by molar-refractivity contribution is 7.12. The van der Waals surface area contributed by atoms with Crippen LogP contribution in [0.3, 0.4) is 0 Å². The molecule has 0 saturated carbocycles. The molecule has 0 fully saturated rings. The second kappa shape index (κ2) is 7.13. The molecule has 1 N–H and O–H groups in total. The van der Waals surface area contributed by atoms with E-state index < -0.39 is 5.92 Å². The van der Waals surface area contributed by atoms with Gasteiger partial charge in [0.15, 0.2) is 0 Å². The van der Waals surface area contributed by atoms with Gasteiger partial charge in [-0.1, -0.05) is 26.0 Å². The van der Waals surface area contributed by atoms with Gasteiger partial charge in [-0.15, -0.1) is 11.3 Å². The lowest BCUT2D eigenvalue weighted by Gasteiger charge is -2.33. The molecule has 3 rings (SSSR count). The van der Waals surface area contributed by atoms with Crippen LogP contribution in [0, 0.1) is 5.92 Å². The minimum absolute atomic E-state index is 0.0267. The van der Waals surface area contributed by atoms with E-state index >= 15 is 0 Å². The number of carbonyl (C=O) groups excluding carboxylic acids is 2. The topological polar surface area (TPSA) is 62.3 Å². The fourth-order valence-corrected chi connectivity index (χ4v) is 3.51. The van der Waals surface area contributed by atoms with Crippen molar-refractivity contribution < 1.29 is 9.59 Å². The number of aromatic nitrogens is 1. The molecule has 126 valence electrons. The Labute approximate surface area is 145 Å². The Bertz CT molecular complexity index is 728. The van der Waals surface area contributed by atoms with Gasteiger partial charge in [-0.25, -0.2) is 0 Å². The van der Waals surface area contributed by atoms with E-state index in [1.807, 2.05) is 29.6 Å². The molecule has 5 nitrogen and oxygen atoms in total. The maximum Gasteiger partial charge on any atom is 0.264 e. The largest absolute Gasteiger partial charge is 0.355 e. The van der Waals surface area contributed by atoms with E-state index in [4.69, 9.17) is 0 Å². The number of hydrogen-bond acceptors (Lipinski definition) is 4. The van der Waals surface area contributed by atoms with Crippen molar-refractivity contribution in [2.24, 2.45) is 5.92 Å². The van der Waals surface area contributed by atoms with Gasteiger partial charge in [0.25, 0.3) is 5.91 Å². The summed E-state index contributed by atoms with van der Waals surface area (Å²) in [6.45, 7) is 5.59. The number of hydrogen-bond donors (Lipinski definition) is 1. The normalized spacial score (nSPS) is 16.8. The molecule has 1 aliphatic heterocycles. The Morgan fingerprint density at radius 1 is 1.38 bits per heavy atom. The third-order valence-corrected chi connectivity index (χ3v) is 4.90. The summed E-state index contributed by atoms with van der Waals surface area (Å²) in [5.74, 6) is -0.129. The van der Waals surface area contributed by atoms with Crippen molar-refractivity contribution in [3.05, 3.63) is 52.0 Å². The lowest BCUT2D eigenvalue weighted by molar-refractivity contribution is -0.123. The Kier molecular flexibility index (Phi) is 4.94. The summed E-state index contributed by atoms with van der Waals surface area (Å²) < 4.78 is 0. The molecule has 6 heteroatoms. The third kappa shape index (κ3) is 3.48. The number of nitrogens with one attached hydrogen (secondary N) is 1. The molecule has 1 atom stereocenters. The summed E-state index contributed by atoms with van der Waals surface area (Å²) in [7, 11) is 0. The minimum Gasteiger partial charge on any atom is -0.355 e. The van der Waals surface area contributed by atoms with Crippen molar-refractivity contribution in [2.75, 3.05) is 13.1 Å². The average Bonchev–Trinajstić information content (AvgIpc) is 3.12. The van der Waals surface area contributed by atoms with Crippen LogP contribution in [0.25, 0.3) is 0 Å². The zero-order valence-corrected chi connectivity index (χ0v) is 14.7. The van der Waals surface area contributed by atoms with Gasteiger partial charge in [-0.05, 0) is 29.0 Å². The lowest BCUT2D eigenvalue weighted by Crippen LogP contribution is -2.44. The van der Waals surface area contributed by atoms with Crippen molar-refractivity contribution >= 4 is 23.2 Å². The van der Waals surface area contributed by atoms with E-state index in [1.165, 1.54) is 11.3 Å². The van der Waals surface area contributed by atoms with Gasteiger partial charge in [0.2, 0.25) is 5.91 Å². The van der Waals surface area contributed by atoms with Crippen LogP contribution in [0.1, 0.15) is 40.7 Å². The summed E-state index contributed by atoms with van der Waals surface area (Å²) in [6.07, 6.45) is 1.71. The van der Waals surface area contributed by atoms with Crippen LogP contribution in [-0.4, -0.2) is 34.8 Å². The molecule has 0 spiro atoms. The average molecular weight is 343 g/mol. The smallest absolute Gasteiger partial charge is 0.264 e. The van der Waals surface area contributed by atoms with E-state index in [0.29, 0.717) is 30.4 Å². The van der Waals surface area contributed by atoms with E-state index in [-0.39, 0.29) is 11.8 Å². The van der Waals surface area contributed by atoms with Crippen molar-refractivity contribution in [1.29, 1.82) is 0 Å². The number of rotatable bonds is 4. The van der Waals surface area contributed by atoms with E-state index in [1.54, 1.807) is 11.1 Å². The third-order valence-electron chi connectivity index (χ3n) is 4.04. The molecule has 3 heterocycles. The highest BCUT2D eigenvalue weighted by Crippen LogP contribution is 2.28. The number of fused-ring (bicyclic) bond motifs is 1. The summed E-state index contributed by atoms with van der Waals surface area (Å²) >= 11 is 1.42. The number of pyridine rings is 1. The quantitative estimate of drug-likeness (QED) is 0.928. The molecule has 0 radical (unpaired) electrons. The molecule has 2 aromatic rings. The molecule has 0 aliphatic carbocycles. The Morgan fingerprint density at radius 2 is 2.21 bits per heavy atom. The predicted molar refractivity (Wildman–Crippen MR) is 93.9 cm³/mol. The number of amides is 2. The van der Waals surface area contributed by atoms with Crippen molar-refractivity contribution in [2.45, 2.75) is 26.3 Å². The molecule has 0 bridgehead atoms. The second-order valence-electron chi connectivity index (χ2n) is 6.40. The summed E-state index contributed by atoms with van der Waals surface area (Å²) in [5, 5.41) is 4.86. The number of nitrogens with zero attached hydrogens (tertiary/aromatic N) is 2. The summed E-state index contributed by atoms with van der Waals surface area (Å²) in [5.41, 5.74) is 1.73. The van der Waals surface area contributed by atoms with Crippen LogP contribution < -0.4 is 5.32 Å². The zero-order valence-electron chi connectivity index (χ0n) is 13.9. The SMILES string of the molecule is CC(C)CNC(=O)C1CN(C(=O)c2cccs2)Cc2cccnc21. The second-order valence-corrected chi connectivity index (χ2v) is 7.35. The first kappa shape index (κ1) is 16.6. The van der Waals surface area contributed by atoms with Gasteiger partial charge < -0.3 is 10.2 Å². The molecule has 24 heavy (non-hydrogen) atoms. The minimum atomic E-state index is -0.419. The van der Waals surface area contributed by atoms with Gasteiger partial charge in [0.1, 0.15) is 0 Å². The molecule has 1 aliphatic rings. The zero-order chi connectivity index (χ0) is 17.1. The van der Waals surface area contributed by atoms with Gasteiger partial charge in [0.05, 0.1) is 16.5 Å². The van der Waals surface area contributed by atoms with Crippen molar-refractivity contribution in [1.82, 2.24) is 15.2 Å². The Morgan fingerprint density at radius 3 is 2.92 bits per heavy atom. The molecule has 0 saturated heterocycles. The lowest BCUT2D eigenvalue weighted by atomic mass is 9.93. The predicted octanol–water partition coefficient (Wildman–Crippen LogP) is 2.65. The van der Waals surface area contributed by atoms with Gasteiger partial charge >= 0.3 is 0 Å². The first-order valence-electron chi connectivity index (χ1n) is 8.10.